The lowest BCUT2D eigenvalue weighted by molar-refractivity contribution is -0.136. The minimum absolute atomic E-state index is 0.161. The molecule has 1 aliphatic carbocycles. The molecule has 5 rings (SSSR count). The first-order chi connectivity index (χ1) is 16.4. The fourth-order valence-electron chi connectivity index (χ4n) is 5.35. The Balaban J connectivity index is 1.26. The molecule has 178 valence electrons. The zero-order chi connectivity index (χ0) is 23.8. The first kappa shape index (κ1) is 22.3. The topological polar surface area (TPSA) is 113 Å². The predicted molar refractivity (Wildman–Crippen MR) is 123 cm³/mol. The lowest BCUT2D eigenvalue weighted by Crippen LogP contribution is -2.52. The molecule has 9 heteroatoms. The zero-order valence-corrected chi connectivity index (χ0v) is 19.3. The summed E-state index contributed by atoms with van der Waals surface area (Å²) in [5, 5.41) is 9.88. The van der Waals surface area contributed by atoms with Crippen molar-refractivity contribution in [1.29, 1.82) is 0 Å². The molecule has 2 fully saturated rings. The number of hydrogen-bond donors (Lipinski definition) is 2. The van der Waals surface area contributed by atoms with Crippen LogP contribution in [0.3, 0.4) is 0 Å². The van der Waals surface area contributed by atoms with Gasteiger partial charge in [0, 0.05) is 44.2 Å². The maximum absolute atomic E-state index is 13.0. The molecule has 9 nitrogen and oxygen atoms in total. The number of nitrogens with zero attached hydrogens (tertiary/aromatic N) is 3. The number of rotatable bonds is 5. The number of benzene rings is 1. The van der Waals surface area contributed by atoms with Crippen LogP contribution in [-0.4, -0.2) is 44.4 Å². The maximum Gasteiger partial charge on any atom is 0.255 e. The number of hydrogen-bond acceptors (Lipinski definition) is 5. The Kier molecular flexibility index (Phi) is 5.93. The standard InChI is InChI=1S/C25H29N5O4/c1-29-14-19(22(28-29)16-5-3-2-4-6-16)23(32)26-12-15-7-8-17-13-30(25(34)18(17)11-15)20-9-10-21(31)27-24(20)33/h7-8,11,14,16,20H,2-6,9-10,12-13H2,1H3,(H,26,32)(H,27,31,33). The third kappa shape index (κ3) is 4.22. The monoisotopic (exact) mass is 463 g/mol. The van der Waals surface area contributed by atoms with E-state index < -0.39 is 11.9 Å². The minimum atomic E-state index is -0.635. The highest BCUT2D eigenvalue weighted by Gasteiger charge is 2.39. The molecule has 3 heterocycles. The molecular formula is C25H29N5O4. The average molecular weight is 464 g/mol. The van der Waals surface area contributed by atoms with E-state index in [1.54, 1.807) is 16.9 Å². The third-order valence-electron chi connectivity index (χ3n) is 7.14. The van der Waals surface area contributed by atoms with Crippen molar-refractivity contribution in [2.24, 2.45) is 7.05 Å². The van der Waals surface area contributed by atoms with Crippen molar-refractivity contribution >= 4 is 23.6 Å². The van der Waals surface area contributed by atoms with Gasteiger partial charge in [-0.1, -0.05) is 31.4 Å². The zero-order valence-electron chi connectivity index (χ0n) is 19.3. The molecule has 2 aliphatic heterocycles. The number of nitrogens with one attached hydrogen (secondary N) is 2. The normalized spacial score (nSPS) is 20.9. The Labute approximate surface area is 197 Å². The second-order valence-electron chi connectivity index (χ2n) is 9.51. The highest BCUT2D eigenvalue weighted by molar-refractivity contribution is 6.05. The molecule has 34 heavy (non-hydrogen) atoms. The van der Waals surface area contributed by atoms with Crippen molar-refractivity contribution in [1.82, 2.24) is 25.3 Å². The van der Waals surface area contributed by atoms with E-state index in [0.29, 0.717) is 30.0 Å². The van der Waals surface area contributed by atoms with Crippen LogP contribution in [0.4, 0.5) is 0 Å². The van der Waals surface area contributed by atoms with Gasteiger partial charge in [-0.2, -0.15) is 5.10 Å². The van der Waals surface area contributed by atoms with Gasteiger partial charge in [-0.3, -0.25) is 29.2 Å². The van der Waals surface area contributed by atoms with Crippen molar-refractivity contribution in [3.8, 4) is 0 Å². The van der Waals surface area contributed by atoms with Gasteiger partial charge in [-0.05, 0) is 36.5 Å². The van der Waals surface area contributed by atoms with E-state index >= 15 is 0 Å². The quantitative estimate of drug-likeness (QED) is 0.660. The van der Waals surface area contributed by atoms with Gasteiger partial charge in [0.25, 0.3) is 11.8 Å². The molecule has 0 bridgehead atoms. The van der Waals surface area contributed by atoms with Crippen LogP contribution in [-0.2, 0) is 29.7 Å². The molecule has 1 aromatic carbocycles. The van der Waals surface area contributed by atoms with Crippen molar-refractivity contribution in [3.05, 3.63) is 52.3 Å². The molecule has 1 unspecified atom stereocenters. The van der Waals surface area contributed by atoms with Crippen LogP contribution in [0.25, 0.3) is 0 Å². The molecule has 0 radical (unpaired) electrons. The van der Waals surface area contributed by atoms with Crippen LogP contribution in [0, 0.1) is 0 Å². The van der Waals surface area contributed by atoms with Crippen molar-refractivity contribution < 1.29 is 19.2 Å². The largest absolute Gasteiger partial charge is 0.348 e. The first-order valence-corrected chi connectivity index (χ1v) is 12.0. The summed E-state index contributed by atoms with van der Waals surface area (Å²) in [4.78, 5) is 51.2. The number of carbonyl (C=O) groups is 4. The average Bonchev–Trinajstić information content (AvgIpc) is 3.38. The number of fused-ring (bicyclic) bond motifs is 1. The fourth-order valence-corrected chi connectivity index (χ4v) is 5.35. The van der Waals surface area contributed by atoms with Gasteiger partial charge in [0.15, 0.2) is 0 Å². The van der Waals surface area contributed by atoms with Gasteiger partial charge in [0.1, 0.15) is 6.04 Å². The van der Waals surface area contributed by atoms with Crippen LogP contribution in [0.5, 0.6) is 0 Å². The summed E-state index contributed by atoms with van der Waals surface area (Å²) in [6.45, 7) is 0.629. The summed E-state index contributed by atoms with van der Waals surface area (Å²) in [5.74, 6) is -0.777. The van der Waals surface area contributed by atoms with Crippen LogP contribution >= 0.6 is 0 Å². The van der Waals surface area contributed by atoms with E-state index in [1.165, 1.54) is 24.2 Å². The summed E-state index contributed by atoms with van der Waals surface area (Å²) in [6, 6.07) is 4.92. The first-order valence-electron chi connectivity index (χ1n) is 12.0. The van der Waals surface area contributed by atoms with E-state index in [2.05, 4.69) is 15.7 Å². The van der Waals surface area contributed by atoms with Gasteiger partial charge in [-0.15, -0.1) is 0 Å². The van der Waals surface area contributed by atoms with Crippen LogP contribution in [0.15, 0.2) is 24.4 Å². The minimum Gasteiger partial charge on any atom is -0.348 e. The summed E-state index contributed by atoms with van der Waals surface area (Å²) in [5.41, 5.74) is 3.70. The Hall–Kier alpha value is -3.49. The Morgan fingerprint density at radius 3 is 2.71 bits per heavy atom. The maximum atomic E-state index is 13.0. The van der Waals surface area contributed by atoms with E-state index in [-0.39, 0.29) is 30.7 Å². The van der Waals surface area contributed by atoms with Gasteiger partial charge in [0.2, 0.25) is 11.8 Å². The summed E-state index contributed by atoms with van der Waals surface area (Å²) >= 11 is 0. The highest BCUT2D eigenvalue weighted by Crippen LogP contribution is 2.33. The molecule has 2 aromatic rings. The predicted octanol–water partition coefficient (Wildman–Crippen LogP) is 2.16. The van der Waals surface area contributed by atoms with Crippen molar-refractivity contribution in [3.63, 3.8) is 0 Å². The number of amides is 4. The number of aromatic nitrogens is 2. The Bertz CT molecular complexity index is 1160. The smallest absolute Gasteiger partial charge is 0.255 e. The highest BCUT2D eigenvalue weighted by atomic mass is 16.2. The number of imide groups is 1. The van der Waals surface area contributed by atoms with Crippen molar-refractivity contribution in [2.75, 3.05) is 0 Å². The third-order valence-corrected chi connectivity index (χ3v) is 7.14. The van der Waals surface area contributed by atoms with Gasteiger partial charge in [0.05, 0.1) is 11.3 Å². The second-order valence-corrected chi connectivity index (χ2v) is 9.51. The molecule has 4 amide bonds. The summed E-state index contributed by atoms with van der Waals surface area (Å²) in [6.07, 6.45) is 8.05. The molecule has 2 N–H and O–H groups in total. The van der Waals surface area contributed by atoms with Gasteiger partial charge >= 0.3 is 0 Å². The molecule has 3 aliphatic rings. The van der Waals surface area contributed by atoms with Gasteiger partial charge < -0.3 is 10.2 Å². The Morgan fingerprint density at radius 1 is 1.15 bits per heavy atom. The number of carbonyl (C=O) groups excluding carboxylic acids is 4. The Morgan fingerprint density at radius 2 is 1.94 bits per heavy atom. The van der Waals surface area contributed by atoms with Crippen LogP contribution in [0.2, 0.25) is 0 Å². The fraction of sp³-hybridized carbons (Fsp3) is 0.480. The second kappa shape index (κ2) is 9.04. The number of aryl methyl sites for hydroxylation is 1. The number of piperidine rings is 1. The molecular weight excluding hydrogens is 434 g/mol. The molecule has 0 spiro atoms. The summed E-state index contributed by atoms with van der Waals surface area (Å²) in [7, 11) is 1.84. The van der Waals surface area contributed by atoms with E-state index in [1.807, 2.05) is 19.2 Å². The molecule has 1 atom stereocenters. The lowest BCUT2D eigenvalue weighted by Gasteiger charge is -2.29. The summed E-state index contributed by atoms with van der Waals surface area (Å²) < 4.78 is 1.70. The van der Waals surface area contributed by atoms with Crippen molar-refractivity contribution in [2.45, 2.75) is 70.0 Å². The lowest BCUT2D eigenvalue weighted by atomic mass is 9.85. The van der Waals surface area contributed by atoms with Crippen LogP contribution in [0.1, 0.15) is 88.4 Å². The van der Waals surface area contributed by atoms with Crippen LogP contribution < -0.4 is 10.6 Å². The van der Waals surface area contributed by atoms with E-state index in [9.17, 15) is 19.2 Å². The molecule has 1 saturated heterocycles. The van der Waals surface area contributed by atoms with E-state index in [0.717, 1.165) is 29.7 Å². The molecule has 1 aromatic heterocycles. The van der Waals surface area contributed by atoms with E-state index in [4.69, 9.17) is 0 Å². The van der Waals surface area contributed by atoms with Gasteiger partial charge in [-0.25, -0.2) is 0 Å². The SMILES string of the molecule is Cn1cc(C(=O)NCc2ccc3c(c2)C(=O)N(C2CCC(=O)NC2=O)C3)c(C2CCCCC2)n1. The molecule has 1 saturated carbocycles.